The first kappa shape index (κ1) is 22.8. The monoisotopic (exact) mass is 480 g/mol. The number of amides is 1. The van der Waals surface area contributed by atoms with Crippen molar-refractivity contribution in [2.24, 2.45) is 5.10 Å². The number of carbonyl (C=O) groups excluding carboxylic acids is 1. The number of hydrogen-bond acceptors (Lipinski definition) is 6. The molecular formula is C25H21ClN2O4S. The second kappa shape index (κ2) is 10.0. The van der Waals surface area contributed by atoms with Gasteiger partial charge < -0.3 is 14.2 Å². The number of para-hydroxylation sites is 1. The number of methoxy groups -OCH3 is 3. The summed E-state index contributed by atoms with van der Waals surface area (Å²) in [5.41, 5.74) is 1.85. The van der Waals surface area contributed by atoms with Crippen LogP contribution in [-0.4, -0.2) is 32.3 Å². The van der Waals surface area contributed by atoms with Gasteiger partial charge in [-0.3, -0.25) is 4.79 Å². The fourth-order valence-electron chi connectivity index (χ4n) is 3.30. The average Bonchev–Trinajstić information content (AvgIpc) is 3.15. The zero-order valence-corrected chi connectivity index (χ0v) is 19.8. The normalized spacial score (nSPS) is 14.4. The molecule has 0 bridgehead atoms. The lowest BCUT2D eigenvalue weighted by atomic mass is 10.1. The highest BCUT2D eigenvalue weighted by Crippen LogP contribution is 2.40. The lowest BCUT2D eigenvalue weighted by Gasteiger charge is -2.13. The van der Waals surface area contributed by atoms with Crippen molar-refractivity contribution in [2.75, 3.05) is 26.3 Å². The van der Waals surface area contributed by atoms with Crippen molar-refractivity contribution in [2.45, 2.75) is 4.90 Å². The van der Waals surface area contributed by atoms with E-state index < -0.39 is 0 Å². The Morgan fingerprint density at radius 1 is 0.909 bits per heavy atom. The molecule has 0 atom stereocenters. The Hall–Kier alpha value is -3.42. The van der Waals surface area contributed by atoms with E-state index in [1.54, 1.807) is 51.7 Å². The largest absolute Gasteiger partial charge is 0.493 e. The van der Waals surface area contributed by atoms with Gasteiger partial charge in [-0.05, 0) is 60.2 Å². The van der Waals surface area contributed by atoms with Crippen LogP contribution in [0.15, 0.2) is 82.3 Å². The number of ether oxygens (including phenoxy) is 3. The number of hydrogen-bond donors (Lipinski definition) is 0. The minimum atomic E-state index is -0.230. The van der Waals surface area contributed by atoms with Gasteiger partial charge in [-0.15, -0.1) is 0 Å². The van der Waals surface area contributed by atoms with E-state index in [2.05, 4.69) is 5.10 Å². The Kier molecular flexibility index (Phi) is 6.91. The molecule has 0 spiro atoms. The van der Waals surface area contributed by atoms with Gasteiger partial charge in [0.15, 0.2) is 11.5 Å². The third kappa shape index (κ3) is 4.84. The molecule has 0 aliphatic carbocycles. The van der Waals surface area contributed by atoms with E-state index in [4.69, 9.17) is 25.8 Å². The zero-order valence-electron chi connectivity index (χ0n) is 18.2. The quantitative estimate of drug-likeness (QED) is 0.411. The summed E-state index contributed by atoms with van der Waals surface area (Å²) < 4.78 is 16.3. The Labute approximate surface area is 201 Å². The van der Waals surface area contributed by atoms with Crippen LogP contribution in [0.3, 0.4) is 0 Å². The molecule has 0 fully saturated rings. The van der Waals surface area contributed by atoms with Gasteiger partial charge in [0.25, 0.3) is 5.91 Å². The van der Waals surface area contributed by atoms with Crippen molar-refractivity contribution in [1.82, 2.24) is 0 Å². The summed E-state index contributed by atoms with van der Waals surface area (Å²) in [7, 11) is 4.65. The van der Waals surface area contributed by atoms with Crippen LogP contribution in [0, 0.1) is 0 Å². The van der Waals surface area contributed by atoms with E-state index in [1.807, 2.05) is 42.5 Å². The maximum absolute atomic E-state index is 13.4. The molecule has 3 aromatic carbocycles. The van der Waals surface area contributed by atoms with Gasteiger partial charge in [-0.1, -0.05) is 41.6 Å². The third-order valence-corrected chi connectivity index (χ3v) is 6.13. The molecule has 33 heavy (non-hydrogen) atoms. The van der Waals surface area contributed by atoms with Crippen molar-refractivity contribution in [3.63, 3.8) is 0 Å². The highest BCUT2D eigenvalue weighted by atomic mass is 35.5. The Morgan fingerprint density at radius 3 is 2.12 bits per heavy atom. The highest BCUT2D eigenvalue weighted by molar-refractivity contribution is 8.14. The van der Waals surface area contributed by atoms with Crippen LogP contribution in [0.2, 0.25) is 5.02 Å². The number of thioether (sulfide) groups is 1. The topological polar surface area (TPSA) is 60.4 Å². The van der Waals surface area contributed by atoms with Crippen LogP contribution in [0.5, 0.6) is 17.2 Å². The van der Waals surface area contributed by atoms with Crippen LogP contribution in [0.25, 0.3) is 6.08 Å². The molecule has 0 N–H and O–H groups in total. The highest BCUT2D eigenvalue weighted by Gasteiger charge is 2.32. The van der Waals surface area contributed by atoms with Gasteiger partial charge in [0.1, 0.15) is 5.04 Å². The summed E-state index contributed by atoms with van der Waals surface area (Å²) in [6.45, 7) is 0. The molecule has 3 aromatic rings. The van der Waals surface area contributed by atoms with E-state index >= 15 is 0 Å². The van der Waals surface area contributed by atoms with E-state index in [0.29, 0.717) is 44.1 Å². The van der Waals surface area contributed by atoms with Crippen molar-refractivity contribution in [3.8, 4) is 17.2 Å². The molecule has 0 aromatic heterocycles. The van der Waals surface area contributed by atoms with Crippen molar-refractivity contribution in [1.29, 1.82) is 0 Å². The number of halogens is 1. The minimum Gasteiger partial charge on any atom is -0.493 e. The maximum atomic E-state index is 13.4. The number of benzene rings is 3. The van der Waals surface area contributed by atoms with Gasteiger partial charge in [0.2, 0.25) is 5.75 Å². The Morgan fingerprint density at radius 2 is 1.55 bits per heavy atom. The molecule has 1 aliphatic rings. The molecule has 4 rings (SSSR count). The van der Waals surface area contributed by atoms with Crippen LogP contribution in [-0.2, 0) is 4.79 Å². The van der Waals surface area contributed by atoms with Crippen molar-refractivity contribution < 1.29 is 19.0 Å². The SMILES string of the molecule is COc1cc(/C=C2\C(=O)N(c3ccccc3)N=C2Sc2ccc(Cl)cc2)cc(OC)c1OC. The van der Waals surface area contributed by atoms with Crippen LogP contribution >= 0.6 is 23.4 Å². The molecule has 0 radical (unpaired) electrons. The maximum Gasteiger partial charge on any atom is 0.281 e. The molecular weight excluding hydrogens is 460 g/mol. The summed E-state index contributed by atoms with van der Waals surface area (Å²) in [6, 6.07) is 20.3. The van der Waals surface area contributed by atoms with E-state index in [-0.39, 0.29) is 5.91 Å². The number of nitrogens with zero attached hydrogens (tertiary/aromatic N) is 2. The van der Waals surface area contributed by atoms with E-state index in [1.165, 1.54) is 16.8 Å². The summed E-state index contributed by atoms with van der Waals surface area (Å²) in [5, 5.41) is 7.24. The number of hydrazone groups is 1. The standard InChI is InChI=1S/C25H21ClN2O4S/c1-30-21-14-16(15-22(31-2)23(21)32-3)13-20-24(33-19-11-9-17(26)10-12-19)27-28(25(20)29)18-7-5-4-6-8-18/h4-15H,1-3H3/b20-13-. The van der Waals surface area contributed by atoms with E-state index in [0.717, 1.165) is 4.90 Å². The summed E-state index contributed by atoms with van der Waals surface area (Å²) in [5.74, 6) is 1.25. The second-order valence-electron chi connectivity index (χ2n) is 6.93. The average molecular weight is 481 g/mol. The van der Waals surface area contributed by atoms with Crippen molar-refractivity contribution in [3.05, 3.63) is 82.9 Å². The number of anilines is 1. The zero-order chi connectivity index (χ0) is 23.4. The molecule has 168 valence electrons. The van der Waals surface area contributed by atoms with Crippen LogP contribution in [0.4, 0.5) is 5.69 Å². The first-order valence-electron chi connectivity index (χ1n) is 9.97. The summed E-state index contributed by atoms with van der Waals surface area (Å²) >= 11 is 7.42. The van der Waals surface area contributed by atoms with Crippen LogP contribution in [0.1, 0.15) is 5.56 Å². The molecule has 8 heteroatoms. The predicted molar refractivity (Wildman–Crippen MR) is 133 cm³/mol. The smallest absolute Gasteiger partial charge is 0.281 e. The molecule has 0 saturated carbocycles. The van der Waals surface area contributed by atoms with Gasteiger partial charge in [0, 0.05) is 9.92 Å². The fraction of sp³-hybridized carbons (Fsp3) is 0.120. The minimum absolute atomic E-state index is 0.230. The van der Waals surface area contributed by atoms with E-state index in [9.17, 15) is 4.79 Å². The Balaban J connectivity index is 1.78. The first-order valence-corrected chi connectivity index (χ1v) is 11.2. The van der Waals surface area contributed by atoms with Gasteiger partial charge >= 0.3 is 0 Å². The second-order valence-corrected chi connectivity index (χ2v) is 8.43. The molecule has 0 unspecified atom stereocenters. The van der Waals surface area contributed by atoms with Crippen molar-refractivity contribution >= 4 is 46.1 Å². The molecule has 1 amide bonds. The van der Waals surface area contributed by atoms with Gasteiger partial charge in [-0.2, -0.15) is 10.1 Å². The number of carbonyl (C=O) groups is 1. The Bertz CT molecular complexity index is 1200. The van der Waals surface area contributed by atoms with Crippen LogP contribution < -0.4 is 19.2 Å². The first-order chi connectivity index (χ1) is 16.0. The number of rotatable bonds is 6. The summed E-state index contributed by atoms with van der Waals surface area (Å²) in [4.78, 5) is 14.3. The molecule has 6 nitrogen and oxygen atoms in total. The fourth-order valence-corrected chi connectivity index (χ4v) is 4.30. The lowest BCUT2D eigenvalue weighted by Crippen LogP contribution is -2.21. The van der Waals surface area contributed by atoms with Gasteiger partial charge in [-0.25, -0.2) is 0 Å². The van der Waals surface area contributed by atoms with Gasteiger partial charge in [0.05, 0.1) is 32.6 Å². The third-order valence-electron chi connectivity index (χ3n) is 4.87. The lowest BCUT2D eigenvalue weighted by molar-refractivity contribution is -0.114. The molecule has 0 saturated heterocycles. The predicted octanol–water partition coefficient (Wildman–Crippen LogP) is 5.90. The molecule has 1 heterocycles. The molecule has 1 aliphatic heterocycles. The summed E-state index contributed by atoms with van der Waals surface area (Å²) in [6.07, 6.45) is 1.78.